The molecule has 6 nitrogen and oxygen atoms in total. The SMILES string of the molecule is Cn1c(=O)c(C(C)(C)C)nn2c(=S)[nH]nc12. The monoisotopic (exact) mass is 239 g/mol. The highest BCUT2D eigenvalue weighted by Crippen LogP contribution is 2.15. The predicted octanol–water partition coefficient (Wildman–Crippen LogP) is 0.783. The Labute approximate surface area is 96.9 Å². The number of nitrogens with one attached hydrogen (secondary N) is 1. The van der Waals surface area contributed by atoms with E-state index in [1.54, 1.807) is 7.05 Å². The van der Waals surface area contributed by atoms with Crippen molar-refractivity contribution in [2.24, 2.45) is 7.05 Å². The second kappa shape index (κ2) is 3.24. The van der Waals surface area contributed by atoms with Gasteiger partial charge >= 0.3 is 0 Å². The number of aromatic amines is 1. The molecule has 2 aromatic rings. The van der Waals surface area contributed by atoms with Crippen molar-refractivity contribution < 1.29 is 0 Å². The summed E-state index contributed by atoms with van der Waals surface area (Å²) in [5, 5.41) is 10.8. The molecule has 0 aliphatic rings. The van der Waals surface area contributed by atoms with Crippen LogP contribution < -0.4 is 5.56 Å². The van der Waals surface area contributed by atoms with E-state index >= 15 is 0 Å². The van der Waals surface area contributed by atoms with E-state index in [4.69, 9.17) is 12.2 Å². The Balaban J connectivity index is 2.98. The zero-order valence-electron chi connectivity index (χ0n) is 9.61. The fourth-order valence-electron chi connectivity index (χ4n) is 1.45. The minimum Gasteiger partial charge on any atom is -0.277 e. The Morgan fingerprint density at radius 3 is 2.56 bits per heavy atom. The third-order valence-corrected chi connectivity index (χ3v) is 2.62. The van der Waals surface area contributed by atoms with Crippen LogP contribution in [0.2, 0.25) is 0 Å². The Bertz CT molecular complexity index is 657. The van der Waals surface area contributed by atoms with Crippen LogP contribution in [0.5, 0.6) is 0 Å². The summed E-state index contributed by atoms with van der Waals surface area (Å²) in [5.41, 5.74) is 0.00345. The number of fused-ring (bicyclic) bond motifs is 1. The molecule has 0 amide bonds. The molecule has 2 aromatic heterocycles. The maximum Gasteiger partial charge on any atom is 0.277 e. The first kappa shape index (κ1) is 11.0. The zero-order valence-corrected chi connectivity index (χ0v) is 10.4. The third kappa shape index (κ3) is 1.47. The average molecular weight is 239 g/mol. The highest BCUT2D eigenvalue weighted by atomic mass is 32.1. The van der Waals surface area contributed by atoms with E-state index in [9.17, 15) is 4.79 Å². The van der Waals surface area contributed by atoms with Gasteiger partial charge in [0, 0.05) is 12.5 Å². The number of H-pyrrole nitrogens is 1. The highest BCUT2D eigenvalue weighted by molar-refractivity contribution is 7.71. The van der Waals surface area contributed by atoms with E-state index < -0.39 is 0 Å². The summed E-state index contributed by atoms with van der Waals surface area (Å²) in [6, 6.07) is 0. The van der Waals surface area contributed by atoms with E-state index in [0.717, 1.165) is 0 Å². The summed E-state index contributed by atoms with van der Waals surface area (Å²) in [6.45, 7) is 5.81. The van der Waals surface area contributed by atoms with Gasteiger partial charge in [-0.3, -0.25) is 9.36 Å². The van der Waals surface area contributed by atoms with Gasteiger partial charge in [-0.15, -0.1) is 5.10 Å². The molecule has 0 fully saturated rings. The molecule has 2 heterocycles. The third-order valence-electron chi connectivity index (χ3n) is 2.35. The molecule has 0 radical (unpaired) electrons. The fourth-order valence-corrected chi connectivity index (χ4v) is 1.62. The molecule has 2 rings (SSSR count). The summed E-state index contributed by atoms with van der Waals surface area (Å²) in [5.74, 6) is 0.419. The van der Waals surface area contributed by atoms with Crippen LogP contribution in [-0.2, 0) is 12.5 Å². The summed E-state index contributed by atoms with van der Waals surface area (Å²) < 4.78 is 3.30. The van der Waals surface area contributed by atoms with Crippen LogP contribution in [0.25, 0.3) is 5.78 Å². The number of aromatic nitrogens is 5. The van der Waals surface area contributed by atoms with Gasteiger partial charge in [-0.25, -0.2) is 5.10 Å². The lowest BCUT2D eigenvalue weighted by molar-refractivity contribution is 0.530. The van der Waals surface area contributed by atoms with Crippen LogP contribution in [-0.4, -0.2) is 24.4 Å². The maximum atomic E-state index is 12.0. The van der Waals surface area contributed by atoms with Crippen LogP contribution in [0, 0.1) is 4.77 Å². The van der Waals surface area contributed by atoms with Gasteiger partial charge < -0.3 is 0 Å². The van der Waals surface area contributed by atoms with Gasteiger partial charge in [-0.05, 0) is 12.2 Å². The lowest BCUT2D eigenvalue weighted by Crippen LogP contribution is -2.33. The van der Waals surface area contributed by atoms with Gasteiger partial charge in [0.25, 0.3) is 11.3 Å². The number of rotatable bonds is 0. The fraction of sp³-hybridized carbons (Fsp3) is 0.556. The maximum absolute atomic E-state index is 12.0. The molecule has 86 valence electrons. The minimum absolute atomic E-state index is 0.144. The quantitative estimate of drug-likeness (QED) is 0.690. The van der Waals surface area contributed by atoms with E-state index in [1.165, 1.54) is 9.08 Å². The van der Waals surface area contributed by atoms with Gasteiger partial charge in [0.05, 0.1) is 0 Å². The Kier molecular flexibility index (Phi) is 2.23. The molecular weight excluding hydrogens is 226 g/mol. The van der Waals surface area contributed by atoms with E-state index in [1.807, 2.05) is 20.8 Å². The first-order valence-corrected chi connectivity index (χ1v) is 5.28. The van der Waals surface area contributed by atoms with Crippen molar-refractivity contribution in [3.05, 3.63) is 20.8 Å². The molecule has 0 aliphatic carbocycles. The molecule has 0 aliphatic heterocycles. The van der Waals surface area contributed by atoms with Crippen LogP contribution in [0.15, 0.2) is 4.79 Å². The predicted molar refractivity (Wildman–Crippen MR) is 62.1 cm³/mol. The molecular formula is C9H13N5OS. The van der Waals surface area contributed by atoms with Crippen LogP contribution in [0.3, 0.4) is 0 Å². The molecule has 16 heavy (non-hydrogen) atoms. The van der Waals surface area contributed by atoms with Gasteiger partial charge in [0.1, 0.15) is 5.69 Å². The number of nitrogens with zero attached hydrogens (tertiary/aromatic N) is 4. The molecule has 0 atom stereocenters. The van der Waals surface area contributed by atoms with Crippen molar-refractivity contribution in [2.45, 2.75) is 26.2 Å². The average Bonchev–Trinajstić information content (AvgIpc) is 2.52. The van der Waals surface area contributed by atoms with Crippen molar-refractivity contribution in [3.8, 4) is 0 Å². The van der Waals surface area contributed by atoms with Gasteiger partial charge in [-0.1, -0.05) is 20.8 Å². The Morgan fingerprint density at radius 1 is 1.38 bits per heavy atom. The van der Waals surface area contributed by atoms with Gasteiger partial charge in [0.2, 0.25) is 4.77 Å². The molecule has 0 saturated heterocycles. The lowest BCUT2D eigenvalue weighted by Gasteiger charge is -2.17. The molecule has 0 aromatic carbocycles. The summed E-state index contributed by atoms with van der Waals surface area (Å²) >= 11 is 5.04. The van der Waals surface area contributed by atoms with E-state index in [0.29, 0.717) is 16.2 Å². The topological polar surface area (TPSA) is 68.0 Å². The molecule has 0 bridgehead atoms. The van der Waals surface area contributed by atoms with E-state index in [-0.39, 0.29) is 11.0 Å². The standard InChI is InChI=1S/C9H13N5OS/c1-9(2,3)5-6(15)13(4)7-10-11-8(16)14(7)12-5/h1-4H3,(H,11,16). The Morgan fingerprint density at radius 2 is 2.00 bits per heavy atom. The van der Waals surface area contributed by atoms with Crippen LogP contribution in [0.4, 0.5) is 0 Å². The normalized spacial score (nSPS) is 12.2. The number of aryl methyl sites for hydroxylation is 1. The number of hydrogen-bond donors (Lipinski definition) is 1. The van der Waals surface area contributed by atoms with Gasteiger partial charge in [-0.2, -0.15) is 9.61 Å². The molecule has 0 unspecified atom stereocenters. The van der Waals surface area contributed by atoms with Crippen molar-refractivity contribution in [1.82, 2.24) is 24.4 Å². The number of hydrogen-bond acceptors (Lipinski definition) is 4. The molecule has 0 saturated carbocycles. The first-order valence-electron chi connectivity index (χ1n) is 4.87. The van der Waals surface area contributed by atoms with Crippen molar-refractivity contribution in [3.63, 3.8) is 0 Å². The smallest absolute Gasteiger partial charge is 0.277 e. The summed E-state index contributed by atoms with van der Waals surface area (Å²) in [4.78, 5) is 12.0. The van der Waals surface area contributed by atoms with Crippen molar-refractivity contribution in [1.29, 1.82) is 0 Å². The van der Waals surface area contributed by atoms with Crippen molar-refractivity contribution in [2.75, 3.05) is 0 Å². The molecule has 0 spiro atoms. The second-order valence-electron chi connectivity index (χ2n) is 4.70. The minimum atomic E-state index is -0.324. The van der Waals surface area contributed by atoms with E-state index in [2.05, 4.69) is 15.3 Å². The zero-order chi connectivity index (χ0) is 12.1. The lowest BCUT2D eigenvalue weighted by atomic mass is 9.93. The largest absolute Gasteiger partial charge is 0.277 e. The Hall–Kier alpha value is -1.50. The second-order valence-corrected chi connectivity index (χ2v) is 5.09. The summed E-state index contributed by atoms with van der Waals surface area (Å²) in [6.07, 6.45) is 0. The molecule has 1 N–H and O–H groups in total. The van der Waals surface area contributed by atoms with Crippen molar-refractivity contribution >= 4 is 18.0 Å². The summed E-state index contributed by atoms with van der Waals surface area (Å²) in [7, 11) is 1.66. The highest BCUT2D eigenvalue weighted by Gasteiger charge is 2.22. The first-order chi connectivity index (χ1) is 7.32. The molecule has 7 heteroatoms. The van der Waals surface area contributed by atoms with Crippen LogP contribution >= 0.6 is 12.2 Å². The van der Waals surface area contributed by atoms with Gasteiger partial charge in [0.15, 0.2) is 0 Å². The van der Waals surface area contributed by atoms with Crippen LogP contribution in [0.1, 0.15) is 26.5 Å².